The molecular formula is C10H14N2O3S. The van der Waals surface area contributed by atoms with Crippen LogP contribution in [-0.4, -0.2) is 37.2 Å². The van der Waals surface area contributed by atoms with Gasteiger partial charge in [-0.15, -0.1) is 0 Å². The van der Waals surface area contributed by atoms with Crippen molar-refractivity contribution in [3.05, 3.63) is 24.3 Å². The molecule has 0 unspecified atom stereocenters. The molecule has 16 heavy (non-hydrogen) atoms. The van der Waals surface area contributed by atoms with E-state index in [9.17, 15) is 13.5 Å². The molecule has 0 aliphatic carbocycles. The first-order valence-electron chi connectivity index (χ1n) is 4.97. The molecule has 0 amide bonds. The molecule has 1 heterocycles. The lowest BCUT2D eigenvalue weighted by molar-refractivity contribution is 0.190. The lowest BCUT2D eigenvalue weighted by Crippen LogP contribution is -2.31. The molecule has 0 spiro atoms. The number of anilines is 2. The number of rotatable bonds is 2. The lowest BCUT2D eigenvalue weighted by Gasteiger charge is -2.16. The van der Waals surface area contributed by atoms with Crippen LogP contribution in [0.3, 0.4) is 0 Å². The van der Waals surface area contributed by atoms with E-state index in [2.05, 4.69) is 5.32 Å². The molecule has 2 rings (SSSR count). The Morgan fingerprint density at radius 3 is 2.69 bits per heavy atom. The molecule has 1 fully saturated rings. The van der Waals surface area contributed by atoms with E-state index < -0.39 is 22.0 Å². The van der Waals surface area contributed by atoms with Crippen LogP contribution < -0.4 is 11.1 Å². The number of nitrogens with two attached hydrogens (primary N) is 1. The first-order valence-corrected chi connectivity index (χ1v) is 6.79. The van der Waals surface area contributed by atoms with Gasteiger partial charge in [-0.3, -0.25) is 0 Å². The predicted octanol–water partition coefficient (Wildman–Crippen LogP) is -0.161. The van der Waals surface area contributed by atoms with Crippen LogP contribution in [0, 0.1) is 0 Å². The summed E-state index contributed by atoms with van der Waals surface area (Å²) in [5.74, 6) is -0.212. The van der Waals surface area contributed by atoms with E-state index in [0.717, 1.165) is 5.69 Å². The Bertz CT molecular complexity index is 487. The second-order valence-corrected chi connectivity index (χ2v) is 6.17. The van der Waals surface area contributed by atoms with Gasteiger partial charge in [-0.25, -0.2) is 8.42 Å². The fraction of sp³-hybridized carbons (Fsp3) is 0.400. The number of nitrogens with one attached hydrogen (secondary N) is 1. The highest BCUT2D eigenvalue weighted by Crippen LogP contribution is 2.19. The van der Waals surface area contributed by atoms with Gasteiger partial charge in [0.05, 0.1) is 23.7 Å². The molecule has 2 atom stereocenters. The van der Waals surface area contributed by atoms with Crippen molar-refractivity contribution in [2.75, 3.05) is 22.6 Å². The van der Waals surface area contributed by atoms with Crippen molar-refractivity contribution in [3.63, 3.8) is 0 Å². The number of aliphatic hydroxyl groups is 1. The van der Waals surface area contributed by atoms with Crippen molar-refractivity contribution in [1.82, 2.24) is 0 Å². The average Bonchev–Trinajstić information content (AvgIpc) is 2.39. The summed E-state index contributed by atoms with van der Waals surface area (Å²) in [5, 5.41) is 12.6. The van der Waals surface area contributed by atoms with Crippen LogP contribution in [0.1, 0.15) is 0 Å². The van der Waals surface area contributed by atoms with Gasteiger partial charge in [-0.05, 0) is 18.2 Å². The van der Waals surface area contributed by atoms with Crippen LogP contribution in [0.15, 0.2) is 24.3 Å². The number of hydrogen-bond acceptors (Lipinski definition) is 5. The zero-order valence-corrected chi connectivity index (χ0v) is 9.44. The first-order chi connectivity index (χ1) is 7.46. The van der Waals surface area contributed by atoms with Gasteiger partial charge in [0.25, 0.3) is 0 Å². The highest BCUT2D eigenvalue weighted by molar-refractivity contribution is 7.91. The van der Waals surface area contributed by atoms with Crippen LogP contribution >= 0.6 is 0 Å². The minimum Gasteiger partial charge on any atom is -0.399 e. The Balaban J connectivity index is 2.11. The van der Waals surface area contributed by atoms with Crippen molar-refractivity contribution < 1.29 is 13.5 Å². The number of nitrogen functional groups attached to an aromatic ring is 1. The molecule has 88 valence electrons. The zero-order valence-electron chi connectivity index (χ0n) is 8.63. The highest BCUT2D eigenvalue weighted by atomic mass is 32.2. The maximum Gasteiger partial charge on any atom is 0.155 e. The Morgan fingerprint density at radius 1 is 1.38 bits per heavy atom. The summed E-state index contributed by atoms with van der Waals surface area (Å²) in [7, 11) is -3.12. The quantitative estimate of drug-likeness (QED) is 0.627. The molecule has 0 saturated carbocycles. The van der Waals surface area contributed by atoms with Gasteiger partial charge in [-0.1, -0.05) is 6.07 Å². The third kappa shape index (κ3) is 2.45. The molecular weight excluding hydrogens is 228 g/mol. The smallest absolute Gasteiger partial charge is 0.155 e. The van der Waals surface area contributed by atoms with Gasteiger partial charge < -0.3 is 16.2 Å². The maximum absolute atomic E-state index is 11.3. The molecule has 4 N–H and O–H groups in total. The van der Waals surface area contributed by atoms with E-state index in [1.807, 2.05) is 0 Å². The van der Waals surface area contributed by atoms with Crippen molar-refractivity contribution in [3.8, 4) is 0 Å². The largest absolute Gasteiger partial charge is 0.399 e. The Morgan fingerprint density at radius 2 is 2.12 bits per heavy atom. The lowest BCUT2D eigenvalue weighted by atomic mass is 10.2. The summed E-state index contributed by atoms with van der Waals surface area (Å²) in [6.07, 6.45) is -0.855. The molecule has 1 aromatic rings. The van der Waals surface area contributed by atoms with E-state index in [0.29, 0.717) is 5.69 Å². The standard InChI is InChI=1S/C10H14N2O3S/c11-7-2-1-3-8(4-7)12-9-5-16(14,15)6-10(9)13/h1-4,9-10,12-13H,5-6,11H2/t9-,10-/m0/s1. The SMILES string of the molecule is Nc1cccc(N[C@H]2CS(=O)(=O)C[C@@H]2O)c1. The number of sulfone groups is 1. The van der Waals surface area contributed by atoms with E-state index in [1.165, 1.54) is 0 Å². The third-order valence-electron chi connectivity index (χ3n) is 2.56. The van der Waals surface area contributed by atoms with Gasteiger partial charge in [0.15, 0.2) is 9.84 Å². The monoisotopic (exact) mass is 242 g/mol. The molecule has 1 aliphatic heterocycles. The summed E-state index contributed by atoms with van der Waals surface area (Å²) < 4.78 is 22.6. The van der Waals surface area contributed by atoms with E-state index in [4.69, 9.17) is 5.73 Å². The van der Waals surface area contributed by atoms with Crippen molar-refractivity contribution in [1.29, 1.82) is 0 Å². The van der Waals surface area contributed by atoms with E-state index in [-0.39, 0.29) is 11.5 Å². The van der Waals surface area contributed by atoms with Gasteiger partial charge in [-0.2, -0.15) is 0 Å². The fourth-order valence-corrected chi connectivity index (χ4v) is 3.55. The van der Waals surface area contributed by atoms with Crippen molar-refractivity contribution >= 4 is 21.2 Å². The van der Waals surface area contributed by atoms with Crippen molar-refractivity contribution in [2.24, 2.45) is 0 Å². The highest BCUT2D eigenvalue weighted by Gasteiger charge is 2.36. The van der Waals surface area contributed by atoms with Crippen LogP contribution in [0.5, 0.6) is 0 Å². The first kappa shape index (κ1) is 11.2. The normalized spacial score (nSPS) is 27.8. The minimum absolute atomic E-state index is 0.0387. The van der Waals surface area contributed by atoms with Crippen LogP contribution in [0.4, 0.5) is 11.4 Å². The number of aliphatic hydroxyl groups excluding tert-OH is 1. The Kier molecular flexibility index (Phi) is 2.77. The van der Waals surface area contributed by atoms with Crippen LogP contribution in [0.25, 0.3) is 0 Å². The zero-order chi connectivity index (χ0) is 11.8. The summed E-state index contributed by atoms with van der Waals surface area (Å²) in [6.45, 7) is 0. The molecule has 0 radical (unpaired) electrons. The maximum atomic E-state index is 11.3. The molecule has 1 saturated heterocycles. The second kappa shape index (κ2) is 3.95. The molecule has 6 heteroatoms. The molecule has 0 aromatic heterocycles. The van der Waals surface area contributed by atoms with Crippen molar-refractivity contribution in [2.45, 2.75) is 12.1 Å². The summed E-state index contributed by atoms with van der Waals surface area (Å²) >= 11 is 0. The summed E-state index contributed by atoms with van der Waals surface area (Å²) in [6, 6.07) is 6.55. The summed E-state index contributed by atoms with van der Waals surface area (Å²) in [5.41, 5.74) is 6.92. The third-order valence-corrected chi connectivity index (χ3v) is 4.28. The van der Waals surface area contributed by atoms with Gasteiger partial charge in [0, 0.05) is 11.4 Å². The number of benzene rings is 1. The topological polar surface area (TPSA) is 92.4 Å². The molecule has 1 aromatic carbocycles. The van der Waals surface area contributed by atoms with E-state index in [1.54, 1.807) is 24.3 Å². The van der Waals surface area contributed by atoms with Gasteiger partial charge in [0.1, 0.15) is 0 Å². The molecule has 1 aliphatic rings. The van der Waals surface area contributed by atoms with Crippen LogP contribution in [0.2, 0.25) is 0 Å². The second-order valence-electron chi connectivity index (χ2n) is 4.02. The predicted molar refractivity (Wildman–Crippen MR) is 62.9 cm³/mol. The van der Waals surface area contributed by atoms with E-state index >= 15 is 0 Å². The molecule has 0 bridgehead atoms. The van der Waals surface area contributed by atoms with Crippen LogP contribution in [-0.2, 0) is 9.84 Å². The van der Waals surface area contributed by atoms with Gasteiger partial charge >= 0.3 is 0 Å². The van der Waals surface area contributed by atoms with Gasteiger partial charge in [0.2, 0.25) is 0 Å². The number of hydrogen-bond donors (Lipinski definition) is 3. The average molecular weight is 242 g/mol. The fourth-order valence-electron chi connectivity index (χ4n) is 1.81. The molecule has 5 nitrogen and oxygen atoms in total. The minimum atomic E-state index is -3.12. The Hall–Kier alpha value is -1.27. The Labute approximate surface area is 94.2 Å². The summed E-state index contributed by atoms with van der Waals surface area (Å²) in [4.78, 5) is 0.